The number of amides is 1. The molecule has 3 unspecified atom stereocenters. The molecule has 136 valence electrons. The van der Waals surface area contributed by atoms with Crippen LogP contribution >= 0.6 is 15.9 Å². The summed E-state index contributed by atoms with van der Waals surface area (Å²) in [5.41, 5.74) is 0.168. The predicted octanol–water partition coefficient (Wildman–Crippen LogP) is 2.16. The molecule has 1 amide bonds. The van der Waals surface area contributed by atoms with Crippen LogP contribution in [-0.4, -0.2) is 24.9 Å². The molecule has 0 heterocycles. The molecular weight excluding hydrogens is 408 g/mol. The Bertz CT molecular complexity index is 839. The van der Waals surface area contributed by atoms with Crippen LogP contribution in [0, 0.1) is 16.2 Å². The molecule has 3 rings (SSSR count). The van der Waals surface area contributed by atoms with Crippen molar-refractivity contribution in [1.82, 2.24) is 10.3 Å². The predicted molar refractivity (Wildman–Crippen MR) is 96.2 cm³/mol. The van der Waals surface area contributed by atoms with Crippen LogP contribution in [0.3, 0.4) is 0 Å². The minimum atomic E-state index is -3.87. The van der Waals surface area contributed by atoms with E-state index < -0.39 is 37.0 Å². The molecule has 25 heavy (non-hydrogen) atoms. The number of carbonyl (C=O) groups excluding carboxylic acids is 2. The van der Waals surface area contributed by atoms with E-state index in [0.29, 0.717) is 12.8 Å². The summed E-state index contributed by atoms with van der Waals surface area (Å²) in [7, 11) is -3.87. The number of hydrazine groups is 1. The van der Waals surface area contributed by atoms with Crippen molar-refractivity contribution in [2.24, 2.45) is 16.2 Å². The summed E-state index contributed by atoms with van der Waals surface area (Å²) in [4.78, 5) is 27.3. The average Bonchev–Trinajstić information content (AvgIpc) is 2.85. The number of ketones is 1. The van der Waals surface area contributed by atoms with Gasteiger partial charge in [-0.25, -0.2) is 8.42 Å². The first-order chi connectivity index (χ1) is 11.5. The van der Waals surface area contributed by atoms with E-state index in [9.17, 15) is 18.0 Å². The number of Topliss-reactive ketones (excluding diaryl/α,β-unsaturated/α-hetero) is 1. The molecule has 1 aromatic rings. The number of sulfonamides is 1. The van der Waals surface area contributed by atoms with E-state index >= 15 is 0 Å². The van der Waals surface area contributed by atoms with E-state index in [4.69, 9.17) is 0 Å². The summed E-state index contributed by atoms with van der Waals surface area (Å²) >= 11 is 3.41. The molecule has 0 radical (unpaired) electrons. The Morgan fingerprint density at radius 2 is 1.76 bits per heavy atom. The van der Waals surface area contributed by atoms with Crippen LogP contribution in [0.5, 0.6) is 0 Å². The summed E-state index contributed by atoms with van der Waals surface area (Å²) in [6.07, 6.45) is 1.14. The minimum absolute atomic E-state index is 0.00446. The van der Waals surface area contributed by atoms with Crippen molar-refractivity contribution >= 4 is 37.6 Å². The Labute approximate surface area is 155 Å². The molecular formula is C17H21BrN2O4S. The zero-order valence-corrected chi connectivity index (χ0v) is 16.7. The molecule has 1 aromatic carbocycles. The van der Waals surface area contributed by atoms with Crippen molar-refractivity contribution in [2.75, 3.05) is 0 Å². The Morgan fingerprint density at radius 1 is 1.16 bits per heavy atom. The molecule has 2 aliphatic carbocycles. The van der Waals surface area contributed by atoms with Crippen LogP contribution < -0.4 is 10.3 Å². The summed E-state index contributed by atoms with van der Waals surface area (Å²) in [5.74, 6) is -0.474. The molecule has 2 saturated carbocycles. The van der Waals surface area contributed by atoms with E-state index in [0.717, 1.165) is 0 Å². The lowest BCUT2D eigenvalue weighted by Crippen LogP contribution is -2.55. The van der Waals surface area contributed by atoms with Crippen molar-refractivity contribution in [3.05, 3.63) is 30.3 Å². The van der Waals surface area contributed by atoms with Crippen molar-refractivity contribution in [1.29, 1.82) is 0 Å². The van der Waals surface area contributed by atoms with Crippen molar-refractivity contribution in [3.63, 3.8) is 0 Å². The van der Waals surface area contributed by atoms with E-state index in [1.165, 1.54) is 12.1 Å². The van der Waals surface area contributed by atoms with Gasteiger partial charge in [-0.2, -0.15) is 0 Å². The summed E-state index contributed by atoms with van der Waals surface area (Å²) < 4.78 is 24.6. The molecule has 3 atom stereocenters. The van der Waals surface area contributed by atoms with Crippen LogP contribution in [0.2, 0.25) is 0 Å². The molecule has 6 nitrogen and oxygen atoms in total. The summed E-state index contributed by atoms with van der Waals surface area (Å²) in [5, 5.41) is 0. The van der Waals surface area contributed by atoms with Gasteiger partial charge in [0.05, 0.1) is 15.1 Å². The van der Waals surface area contributed by atoms with Crippen LogP contribution in [-0.2, 0) is 19.6 Å². The maximum absolute atomic E-state index is 13.0. The monoisotopic (exact) mass is 428 g/mol. The van der Waals surface area contributed by atoms with E-state index in [2.05, 4.69) is 26.2 Å². The second-order valence-corrected chi connectivity index (χ2v) is 10.1. The third kappa shape index (κ3) is 2.27. The van der Waals surface area contributed by atoms with Crippen molar-refractivity contribution < 1.29 is 18.0 Å². The van der Waals surface area contributed by atoms with Crippen LogP contribution in [0.1, 0.15) is 33.6 Å². The number of alkyl halides is 1. The normalized spacial score (nSPS) is 33.4. The number of hydrogen-bond acceptors (Lipinski definition) is 4. The fourth-order valence-electron chi connectivity index (χ4n) is 4.34. The Morgan fingerprint density at radius 3 is 2.28 bits per heavy atom. The molecule has 2 bridgehead atoms. The Kier molecular flexibility index (Phi) is 4.17. The molecule has 8 heteroatoms. The largest absolute Gasteiger partial charge is 0.298 e. The molecule has 2 aliphatic rings. The van der Waals surface area contributed by atoms with Crippen molar-refractivity contribution in [2.45, 2.75) is 43.3 Å². The van der Waals surface area contributed by atoms with Crippen LogP contribution in [0.25, 0.3) is 0 Å². The summed E-state index contributed by atoms with van der Waals surface area (Å²) in [6, 6.07) is 7.79. The highest BCUT2D eigenvalue weighted by Crippen LogP contribution is 2.72. The number of carbonyl (C=O) groups is 2. The lowest BCUT2D eigenvalue weighted by atomic mass is 9.64. The first-order valence-electron chi connectivity index (χ1n) is 8.06. The lowest BCUT2D eigenvalue weighted by Gasteiger charge is -2.39. The van der Waals surface area contributed by atoms with Gasteiger partial charge in [0.1, 0.15) is 0 Å². The van der Waals surface area contributed by atoms with Crippen LogP contribution in [0.15, 0.2) is 35.2 Å². The Balaban J connectivity index is 1.86. The molecule has 0 aromatic heterocycles. The average molecular weight is 429 g/mol. The highest BCUT2D eigenvalue weighted by molar-refractivity contribution is 9.10. The van der Waals surface area contributed by atoms with E-state index in [1.54, 1.807) is 18.2 Å². The van der Waals surface area contributed by atoms with E-state index in [1.807, 2.05) is 20.8 Å². The third-order valence-electron chi connectivity index (χ3n) is 6.48. The number of halogens is 1. The fraction of sp³-hybridized carbons (Fsp3) is 0.529. The van der Waals surface area contributed by atoms with Crippen molar-refractivity contribution in [3.8, 4) is 0 Å². The third-order valence-corrected chi connectivity index (χ3v) is 8.94. The zero-order valence-electron chi connectivity index (χ0n) is 14.3. The second kappa shape index (κ2) is 5.62. The minimum Gasteiger partial charge on any atom is -0.298 e. The standard InChI is InChI=1S/C17H21BrN2O4S/c1-15(2)16(3)9-10-17(15,12(18)13(16)21)14(22)19-20-25(23,24)11-7-5-4-6-8-11/h4-8,12,20H,9-10H2,1-3H3,(H,19,22). The molecule has 0 spiro atoms. The second-order valence-electron chi connectivity index (χ2n) is 7.53. The quantitative estimate of drug-likeness (QED) is 0.567. The smallest absolute Gasteiger partial charge is 0.257 e. The molecule has 0 aliphatic heterocycles. The van der Waals surface area contributed by atoms with Gasteiger partial charge in [0, 0.05) is 5.41 Å². The van der Waals surface area contributed by atoms with Crippen LogP contribution in [0.4, 0.5) is 0 Å². The van der Waals surface area contributed by atoms with Gasteiger partial charge in [-0.1, -0.05) is 54.9 Å². The van der Waals surface area contributed by atoms with Gasteiger partial charge in [0.2, 0.25) is 5.91 Å². The highest BCUT2D eigenvalue weighted by atomic mass is 79.9. The van der Waals surface area contributed by atoms with Gasteiger partial charge in [-0.3, -0.25) is 15.0 Å². The molecule has 2 N–H and O–H groups in total. The first-order valence-corrected chi connectivity index (χ1v) is 10.5. The fourth-order valence-corrected chi connectivity index (χ4v) is 6.71. The zero-order chi connectivity index (χ0) is 18.7. The van der Waals surface area contributed by atoms with Gasteiger partial charge in [-0.15, -0.1) is 4.83 Å². The lowest BCUT2D eigenvalue weighted by molar-refractivity contribution is -0.136. The van der Waals surface area contributed by atoms with Gasteiger partial charge in [-0.05, 0) is 30.4 Å². The molecule has 0 saturated heterocycles. The summed E-state index contributed by atoms with van der Waals surface area (Å²) in [6.45, 7) is 5.70. The topological polar surface area (TPSA) is 92.3 Å². The number of nitrogens with one attached hydrogen (secondary N) is 2. The van der Waals surface area contributed by atoms with Gasteiger partial charge in [0.15, 0.2) is 5.78 Å². The van der Waals surface area contributed by atoms with Gasteiger partial charge in [0.25, 0.3) is 10.0 Å². The number of benzene rings is 1. The first kappa shape index (κ1) is 18.5. The number of fused-ring (bicyclic) bond motifs is 2. The number of hydrogen-bond donors (Lipinski definition) is 2. The number of rotatable bonds is 4. The van der Waals surface area contributed by atoms with E-state index in [-0.39, 0.29) is 10.7 Å². The van der Waals surface area contributed by atoms with Gasteiger partial charge >= 0.3 is 0 Å². The van der Waals surface area contributed by atoms with Gasteiger partial charge < -0.3 is 0 Å². The maximum atomic E-state index is 13.0. The highest BCUT2D eigenvalue weighted by Gasteiger charge is 2.76. The maximum Gasteiger partial charge on any atom is 0.257 e. The Hall–Kier alpha value is -1.25. The SMILES string of the molecule is CC12CCC(C(=O)NNS(=O)(=O)c3ccccc3)(C(Br)C1=O)C2(C)C. The molecule has 2 fully saturated rings.